The summed E-state index contributed by atoms with van der Waals surface area (Å²) < 4.78 is 0. The number of nitrogens with zero attached hydrogens (tertiary/aromatic N) is 3. The van der Waals surface area contributed by atoms with Crippen molar-refractivity contribution >= 4 is 17.1 Å². The lowest BCUT2D eigenvalue weighted by Crippen LogP contribution is -2.47. The number of hydrogen-bond donors (Lipinski definition) is 1. The number of nitrogen functional groups attached to an aromatic ring is 1. The zero-order chi connectivity index (χ0) is 14.7. The topological polar surface area (TPSA) is 75.6 Å². The minimum absolute atomic E-state index is 0.0598. The molecule has 0 aliphatic carbocycles. The third-order valence-corrected chi connectivity index (χ3v) is 3.50. The summed E-state index contributed by atoms with van der Waals surface area (Å²) in [4.78, 5) is 15.1. The summed E-state index contributed by atoms with van der Waals surface area (Å²) in [5, 5.41) is 10.9. The van der Waals surface area contributed by atoms with Crippen LogP contribution < -0.4 is 10.6 Å². The maximum atomic E-state index is 10.9. The number of nitro groups is 1. The molecular formula is C14H22N4O2. The number of nitrogens with two attached hydrogens (primary N) is 1. The van der Waals surface area contributed by atoms with Gasteiger partial charge in [-0.05, 0) is 12.0 Å². The highest BCUT2D eigenvalue weighted by Crippen LogP contribution is 2.26. The Hall–Kier alpha value is -1.82. The van der Waals surface area contributed by atoms with Crippen LogP contribution in [-0.2, 0) is 0 Å². The highest BCUT2D eigenvalue weighted by Gasteiger charge is 2.19. The summed E-state index contributed by atoms with van der Waals surface area (Å²) >= 11 is 0. The summed E-state index contributed by atoms with van der Waals surface area (Å²) in [6.07, 6.45) is 0. The van der Waals surface area contributed by atoms with Crippen LogP contribution >= 0.6 is 0 Å². The summed E-state index contributed by atoms with van der Waals surface area (Å²) in [7, 11) is 0. The summed E-state index contributed by atoms with van der Waals surface area (Å²) in [5.74, 6) is 0.662. The Labute approximate surface area is 119 Å². The monoisotopic (exact) mass is 278 g/mol. The van der Waals surface area contributed by atoms with Crippen LogP contribution in [0.5, 0.6) is 0 Å². The van der Waals surface area contributed by atoms with Gasteiger partial charge in [-0.1, -0.05) is 13.8 Å². The van der Waals surface area contributed by atoms with Crippen molar-refractivity contribution in [3.63, 3.8) is 0 Å². The average molecular weight is 278 g/mol. The van der Waals surface area contributed by atoms with Gasteiger partial charge >= 0.3 is 0 Å². The van der Waals surface area contributed by atoms with E-state index < -0.39 is 4.92 Å². The Morgan fingerprint density at radius 2 is 1.90 bits per heavy atom. The van der Waals surface area contributed by atoms with Crippen molar-refractivity contribution in [1.29, 1.82) is 0 Å². The lowest BCUT2D eigenvalue weighted by molar-refractivity contribution is -0.384. The molecule has 0 saturated carbocycles. The van der Waals surface area contributed by atoms with Crippen molar-refractivity contribution in [2.24, 2.45) is 5.92 Å². The van der Waals surface area contributed by atoms with Gasteiger partial charge in [0, 0.05) is 56.2 Å². The number of anilines is 2. The minimum atomic E-state index is -0.394. The van der Waals surface area contributed by atoms with Crippen LogP contribution in [0.15, 0.2) is 18.2 Å². The third-order valence-electron chi connectivity index (χ3n) is 3.50. The first-order valence-corrected chi connectivity index (χ1v) is 6.98. The SMILES string of the molecule is CC(C)CN1CCN(c2cc(N)cc([N+](=O)[O-])c2)CC1. The fraction of sp³-hybridized carbons (Fsp3) is 0.571. The molecule has 0 unspecified atom stereocenters. The minimum Gasteiger partial charge on any atom is -0.398 e. The molecule has 110 valence electrons. The summed E-state index contributed by atoms with van der Waals surface area (Å²) in [6, 6.07) is 4.82. The van der Waals surface area contributed by atoms with Gasteiger partial charge in [-0.3, -0.25) is 15.0 Å². The van der Waals surface area contributed by atoms with Crippen LogP contribution in [0, 0.1) is 16.0 Å². The Balaban J connectivity index is 2.05. The number of benzene rings is 1. The summed E-state index contributed by atoms with van der Waals surface area (Å²) in [6.45, 7) is 9.27. The highest BCUT2D eigenvalue weighted by molar-refractivity contribution is 5.62. The Bertz CT molecular complexity index is 482. The molecule has 1 aliphatic rings. The molecule has 6 heteroatoms. The molecule has 2 N–H and O–H groups in total. The van der Waals surface area contributed by atoms with Gasteiger partial charge < -0.3 is 10.6 Å². The Morgan fingerprint density at radius 3 is 2.45 bits per heavy atom. The second-order valence-corrected chi connectivity index (χ2v) is 5.72. The molecule has 6 nitrogen and oxygen atoms in total. The van der Waals surface area contributed by atoms with Crippen LogP contribution in [-0.4, -0.2) is 42.5 Å². The van der Waals surface area contributed by atoms with E-state index in [9.17, 15) is 10.1 Å². The molecule has 1 aliphatic heterocycles. The third kappa shape index (κ3) is 3.60. The fourth-order valence-corrected chi connectivity index (χ4v) is 2.61. The van der Waals surface area contributed by atoms with Crippen molar-refractivity contribution < 1.29 is 4.92 Å². The van der Waals surface area contributed by atoms with E-state index in [1.807, 2.05) is 6.07 Å². The molecule has 0 radical (unpaired) electrons. The van der Waals surface area contributed by atoms with Gasteiger partial charge in [-0.2, -0.15) is 0 Å². The molecule has 0 aromatic heterocycles. The number of nitro benzene ring substituents is 1. The van der Waals surface area contributed by atoms with Gasteiger partial charge in [0.25, 0.3) is 5.69 Å². The Morgan fingerprint density at radius 1 is 1.25 bits per heavy atom. The van der Waals surface area contributed by atoms with Crippen molar-refractivity contribution in [2.45, 2.75) is 13.8 Å². The van der Waals surface area contributed by atoms with Crippen LogP contribution in [0.25, 0.3) is 0 Å². The molecule has 0 atom stereocenters. The molecule has 1 saturated heterocycles. The molecule has 0 spiro atoms. The second kappa shape index (κ2) is 6.09. The maximum absolute atomic E-state index is 10.9. The van der Waals surface area contributed by atoms with Gasteiger partial charge in [0.05, 0.1) is 4.92 Å². The zero-order valence-corrected chi connectivity index (χ0v) is 12.1. The normalized spacial score (nSPS) is 16.6. The first-order valence-electron chi connectivity index (χ1n) is 6.98. The van der Waals surface area contributed by atoms with Crippen molar-refractivity contribution in [3.05, 3.63) is 28.3 Å². The van der Waals surface area contributed by atoms with E-state index in [0.717, 1.165) is 38.4 Å². The van der Waals surface area contributed by atoms with Crippen LogP contribution in [0.3, 0.4) is 0 Å². The largest absolute Gasteiger partial charge is 0.398 e. The molecule has 2 rings (SSSR count). The van der Waals surface area contributed by atoms with Crippen molar-refractivity contribution in [2.75, 3.05) is 43.4 Å². The van der Waals surface area contributed by atoms with E-state index in [0.29, 0.717) is 11.6 Å². The number of rotatable bonds is 4. The van der Waals surface area contributed by atoms with Crippen molar-refractivity contribution in [1.82, 2.24) is 4.90 Å². The molecule has 0 amide bonds. The zero-order valence-electron chi connectivity index (χ0n) is 12.1. The van der Waals surface area contributed by atoms with E-state index in [1.54, 1.807) is 6.07 Å². The predicted octanol–water partition coefficient (Wildman–Crippen LogP) is 1.96. The van der Waals surface area contributed by atoms with Crippen LogP contribution in [0.4, 0.5) is 17.1 Å². The van der Waals surface area contributed by atoms with Crippen LogP contribution in [0.1, 0.15) is 13.8 Å². The maximum Gasteiger partial charge on any atom is 0.273 e. The lowest BCUT2D eigenvalue weighted by atomic mass is 10.1. The molecule has 1 heterocycles. The first kappa shape index (κ1) is 14.6. The van der Waals surface area contributed by atoms with Gasteiger partial charge in [0.2, 0.25) is 0 Å². The van der Waals surface area contributed by atoms with E-state index in [1.165, 1.54) is 6.07 Å². The smallest absolute Gasteiger partial charge is 0.273 e. The van der Waals surface area contributed by atoms with Gasteiger partial charge in [0.1, 0.15) is 0 Å². The molecule has 1 aromatic rings. The number of hydrogen-bond acceptors (Lipinski definition) is 5. The molecular weight excluding hydrogens is 256 g/mol. The lowest BCUT2D eigenvalue weighted by Gasteiger charge is -2.36. The number of piperazine rings is 1. The fourth-order valence-electron chi connectivity index (χ4n) is 2.61. The summed E-state index contributed by atoms with van der Waals surface area (Å²) in [5.41, 5.74) is 7.11. The van der Waals surface area contributed by atoms with Crippen molar-refractivity contribution in [3.8, 4) is 0 Å². The standard InChI is InChI=1S/C14H22N4O2/c1-11(2)10-16-3-5-17(6-4-16)13-7-12(15)8-14(9-13)18(19)20/h7-9,11H,3-6,10,15H2,1-2H3. The first-order chi connectivity index (χ1) is 9.45. The molecule has 1 aromatic carbocycles. The van der Waals surface area contributed by atoms with Crippen LogP contribution in [0.2, 0.25) is 0 Å². The van der Waals surface area contributed by atoms with E-state index in [-0.39, 0.29) is 5.69 Å². The van der Waals surface area contributed by atoms with E-state index in [4.69, 9.17) is 5.73 Å². The highest BCUT2D eigenvalue weighted by atomic mass is 16.6. The quantitative estimate of drug-likeness (QED) is 0.517. The van der Waals surface area contributed by atoms with Gasteiger partial charge in [-0.15, -0.1) is 0 Å². The number of non-ortho nitro benzene ring substituents is 1. The Kier molecular flexibility index (Phi) is 4.44. The molecule has 1 fully saturated rings. The van der Waals surface area contributed by atoms with Gasteiger partial charge in [-0.25, -0.2) is 0 Å². The van der Waals surface area contributed by atoms with E-state index in [2.05, 4.69) is 23.6 Å². The van der Waals surface area contributed by atoms with E-state index >= 15 is 0 Å². The second-order valence-electron chi connectivity index (χ2n) is 5.72. The molecule has 20 heavy (non-hydrogen) atoms. The average Bonchev–Trinajstić information content (AvgIpc) is 2.38. The van der Waals surface area contributed by atoms with Gasteiger partial charge in [0.15, 0.2) is 0 Å². The molecule has 0 bridgehead atoms. The predicted molar refractivity (Wildman–Crippen MR) is 81.0 cm³/mol.